The Kier molecular flexibility index (Phi) is 4.15. The maximum Gasteiger partial charge on any atom is 0.224 e. The molecule has 1 aromatic carbocycles. The van der Waals surface area contributed by atoms with Gasteiger partial charge >= 0.3 is 0 Å². The van der Waals surface area contributed by atoms with Gasteiger partial charge in [-0.3, -0.25) is 4.79 Å². The molecule has 1 amide bonds. The fourth-order valence-electron chi connectivity index (χ4n) is 2.15. The van der Waals surface area contributed by atoms with Crippen LogP contribution >= 0.6 is 0 Å². The van der Waals surface area contributed by atoms with Crippen LogP contribution in [0, 0.1) is 6.92 Å². The van der Waals surface area contributed by atoms with Crippen molar-refractivity contribution in [2.24, 2.45) is 0 Å². The highest BCUT2D eigenvalue weighted by Crippen LogP contribution is 2.05. The van der Waals surface area contributed by atoms with E-state index in [0.717, 1.165) is 31.5 Å². The molecule has 0 aliphatic carbocycles. The summed E-state index contributed by atoms with van der Waals surface area (Å²) in [5, 5.41) is 6.38. The van der Waals surface area contributed by atoms with Crippen molar-refractivity contribution < 1.29 is 4.79 Å². The van der Waals surface area contributed by atoms with Crippen LogP contribution in [0.1, 0.15) is 24.0 Å². The van der Waals surface area contributed by atoms with Gasteiger partial charge in [0, 0.05) is 12.6 Å². The molecule has 0 bridgehead atoms. The summed E-state index contributed by atoms with van der Waals surface area (Å²) in [4.78, 5) is 11.8. The number of piperidine rings is 1. The molecule has 0 saturated carbocycles. The van der Waals surface area contributed by atoms with Gasteiger partial charge in [-0.05, 0) is 31.9 Å². The Bertz CT molecular complexity index is 366. The first-order chi connectivity index (χ1) is 8.24. The minimum atomic E-state index is 0.127. The topological polar surface area (TPSA) is 41.1 Å². The largest absolute Gasteiger partial charge is 0.352 e. The number of carbonyl (C=O) groups is 1. The van der Waals surface area contributed by atoms with E-state index in [1.807, 2.05) is 24.3 Å². The van der Waals surface area contributed by atoms with E-state index in [9.17, 15) is 4.79 Å². The number of amides is 1. The van der Waals surface area contributed by atoms with E-state index in [2.05, 4.69) is 17.6 Å². The molecular formula is C14H20N2O. The average molecular weight is 232 g/mol. The third kappa shape index (κ3) is 3.86. The average Bonchev–Trinajstić information content (AvgIpc) is 2.33. The Morgan fingerprint density at radius 1 is 1.41 bits per heavy atom. The molecule has 92 valence electrons. The summed E-state index contributed by atoms with van der Waals surface area (Å²) >= 11 is 0. The first kappa shape index (κ1) is 12.1. The molecule has 3 nitrogen and oxygen atoms in total. The Balaban J connectivity index is 1.82. The Hall–Kier alpha value is -1.35. The van der Waals surface area contributed by atoms with Gasteiger partial charge in [0.1, 0.15) is 0 Å². The van der Waals surface area contributed by atoms with E-state index < -0.39 is 0 Å². The molecule has 0 radical (unpaired) electrons. The maximum absolute atomic E-state index is 11.8. The van der Waals surface area contributed by atoms with Gasteiger partial charge in [-0.2, -0.15) is 0 Å². The molecule has 0 spiro atoms. The Labute approximate surface area is 103 Å². The van der Waals surface area contributed by atoms with Crippen molar-refractivity contribution in [3.05, 3.63) is 35.4 Å². The zero-order valence-electron chi connectivity index (χ0n) is 10.3. The van der Waals surface area contributed by atoms with Crippen molar-refractivity contribution >= 4 is 5.91 Å². The second kappa shape index (κ2) is 5.82. The van der Waals surface area contributed by atoms with Crippen molar-refractivity contribution in [2.75, 3.05) is 13.1 Å². The minimum absolute atomic E-state index is 0.127. The second-order valence-corrected chi connectivity index (χ2v) is 4.77. The summed E-state index contributed by atoms with van der Waals surface area (Å²) in [6, 6.07) is 8.44. The summed E-state index contributed by atoms with van der Waals surface area (Å²) in [5.74, 6) is 0.127. The zero-order chi connectivity index (χ0) is 12.1. The first-order valence-corrected chi connectivity index (χ1v) is 6.29. The SMILES string of the molecule is Cc1ccc(CC(=O)N[C@H]2CCCNC2)cc1. The van der Waals surface area contributed by atoms with E-state index >= 15 is 0 Å². The number of hydrogen-bond acceptors (Lipinski definition) is 2. The number of benzene rings is 1. The fraction of sp³-hybridized carbons (Fsp3) is 0.500. The van der Waals surface area contributed by atoms with Crippen LogP contribution in [-0.2, 0) is 11.2 Å². The van der Waals surface area contributed by atoms with Crippen LogP contribution in [0.4, 0.5) is 0 Å². The lowest BCUT2D eigenvalue weighted by Gasteiger charge is -2.23. The summed E-state index contributed by atoms with van der Waals surface area (Å²) in [5.41, 5.74) is 2.31. The minimum Gasteiger partial charge on any atom is -0.352 e. The van der Waals surface area contributed by atoms with Gasteiger partial charge in [-0.25, -0.2) is 0 Å². The molecule has 17 heavy (non-hydrogen) atoms. The normalized spacial score (nSPS) is 19.9. The highest BCUT2D eigenvalue weighted by molar-refractivity contribution is 5.78. The molecular weight excluding hydrogens is 212 g/mol. The van der Waals surface area contributed by atoms with Crippen LogP contribution in [0.3, 0.4) is 0 Å². The molecule has 1 heterocycles. The van der Waals surface area contributed by atoms with Gasteiger partial charge in [0.05, 0.1) is 6.42 Å². The lowest BCUT2D eigenvalue weighted by molar-refractivity contribution is -0.121. The van der Waals surface area contributed by atoms with Crippen molar-refractivity contribution in [3.8, 4) is 0 Å². The lowest BCUT2D eigenvalue weighted by atomic mass is 10.1. The fourth-order valence-corrected chi connectivity index (χ4v) is 2.15. The Morgan fingerprint density at radius 2 is 2.18 bits per heavy atom. The van der Waals surface area contributed by atoms with Crippen LogP contribution in [0.2, 0.25) is 0 Å². The van der Waals surface area contributed by atoms with Gasteiger partial charge in [0.25, 0.3) is 0 Å². The molecule has 1 aliphatic rings. The van der Waals surface area contributed by atoms with Crippen molar-refractivity contribution in [2.45, 2.75) is 32.2 Å². The van der Waals surface area contributed by atoms with Gasteiger partial charge in [-0.15, -0.1) is 0 Å². The summed E-state index contributed by atoms with van der Waals surface area (Å²) in [6.45, 7) is 4.03. The van der Waals surface area contributed by atoms with E-state index in [4.69, 9.17) is 0 Å². The van der Waals surface area contributed by atoms with Crippen molar-refractivity contribution in [3.63, 3.8) is 0 Å². The predicted octanol–water partition coefficient (Wildman–Crippen LogP) is 1.41. The van der Waals surface area contributed by atoms with Crippen LogP contribution in [0.25, 0.3) is 0 Å². The molecule has 1 saturated heterocycles. The van der Waals surface area contributed by atoms with Crippen molar-refractivity contribution in [1.82, 2.24) is 10.6 Å². The van der Waals surface area contributed by atoms with Gasteiger partial charge in [0.2, 0.25) is 5.91 Å². The third-order valence-electron chi connectivity index (χ3n) is 3.15. The lowest BCUT2D eigenvalue weighted by Crippen LogP contribution is -2.46. The molecule has 2 rings (SSSR count). The predicted molar refractivity (Wildman–Crippen MR) is 68.9 cm³/mol. The van der Waals surface area contributed by atoms with E-state index in [0.29, 0.717) is 12.5 Å². The molecule has 2 N–H and O–H groups in total. The number of carbonyl (C=O) groups excluding carboxylic acids is 1. The van der Waals surface area contributed by atoms with Crippen molar-refractivity contribution in [1.29, 1.82) is 0 Å². The van der Waals surface area contributed by atoms with Crippen LogP contribution in [-0.4, -0.2) is 25.0 Å². The van der Waals surface area contributed by atoms with E-state index in [1.54, 1.807) is 0 Å². The number of nitrogens with one attached hydrogen (secondary N) is 2. The summed E-state index contributed by atoms with van der Waals surface area (Å²) in [7, 11) is 0. The maximum atomic E-state index is 11.8. The zero-order valence-corrected chi connectivity index (χ0v) is 10.3. The standard InChI is InChI=1S/C14H20N2O/c1-11-4-6-12(7-5-11)9-14(17)16-13-3-2-8-15-10-13/h4-7,13,15H,2-3,8-10H2,1H3,(H,16,17)/t13-/m0/s1. The first-order valence-electron chi connectivity index (χ1n) is 6.29. The second-order valence-electron chi connectivity index (χ2n) is 4.77. The van der Waals surface area contributed by atoms with Gasteiger partial charge in [0.15, 0.2) is 0 Å². The Morgan fingerprint density at radius 3 is 2.82 bits per heavy atom. The molecule has 1 aromatic rings. The quantitative estimate of drug-likeness (QED) is 0.827. The molecule has 1 atom stereocenters. The monoisotopic (exact) mass is 232 g/mol. The summed E-state index contributed by atoms with van der Waals surface area (Å²) in [6.07, 6.45) is 2.72. The van der Waals surface area contributed by atoms with Gasteiger partial charge < -0.3 is 10.6 Å². The summed E-state index contributed by atoms with van der Waals surface area (Å²) < 4.78 is 0. The van der Waals surface area contributed by atoms with Crippen LogP contribution in [0.15, 0.2) is 24.3 Å². The molecule has 1 aliphatic heterocycles. The third-order valence-corrected chi connectivity index (χ3v) is 3.15. The van der Waals surface area contributed by atoms with Gasteiger partial charge in [-0.1, -0.05) is 29.8 Å². The molecule has 1 fully saturated rings. The number of rotatable bonds is 3. The van der Waals surface area contributed by atoms with E-state index in [1.165, 1.54) is 5.56 Å². The molecule has 0 aromatic heterocycles. The highest BCUT2D eigenvalue weighted by atomic mass is 16.1. The van der Waals surface area contributed by atoms with Crippen LogP contribution in [0.5, 0.6) is 0 Å². The molecule has 3 heteroatoms. The highest BCUT2D eigenvalue weighted by Gasteiger charge is 2.15. The number of hydrogen-bond donors (Lipinski definition) is 2. The smallest absolute Gasteiger partial charge is 0.224 e. The molecule has 0 unspecified atom stereocenters. The number of aryl methyl sites for hydroxylation is 1. The van der Waals surface area contributed by atoms with E-state index in [-0.39, 0.29) is 5.91 Å². The van der Waals surface area contributed by atoms with Crippen LogP contribution < -0.4 is 10.6 Å².